The fourth-order valence-electron chi connectivity index (χ4n) is 3.74. The maximum absolute atomic E-state index is 12.8. The molecule has 2 heterocycles. The minimum atomic E-state index is -0.584. The first-order chi connectivity index (χ1) is 19.3. The standard InChI is InChI=1S/C29H27ClN6O4/c1-36(2)14-3-15-40-27(38)9-8-26(37)34-20-5-7-25-23(16-20)29(33-18-32-25)35-21-4-6-22(24(30)17-21)28(39)19-10-12-31-13-11-19/h4-13,16-18H,3,14-15H2,1-2H3,(H,34,37)(H,32,33,35). The molecule has 204 valence electrons. The van der Waals surface area contributed by atoms with Crippen molar-refractivity contribution < 1.29 is 19.1 Å². The van der Waals surface area contributed by atoms with Crippen molar-refractivity contribution in [2.45, 2.75) is 6.42 Å². The lowest BCUT2D eigenvalue weighted by Crippen LogP contribution is -2.16. The summed E-state index contributed by atoms with van der Waals surface area (Å²) in [5.74, 6) is -0.808. The predicted molar refractivity (Wildman–Crippen MR) is 154 cm³/mol. The number of pyridine rings is 1. The number of nitrogens with one attached hydrogen (secondary N) is 2. The van der Waals surface area contributed by atoms with E-state index in [1.165, 1.54) is 6.33 Å². The lowest BCUT2D eigenvalue weighted by Gasteiger charge is -2.11. The molecule has 0 spiro atoms. The van der Waals surface area contributed by atoms with Crippen LogP contribution in [0.4, 0.5) is 17.2 Å². The molecule has 11 heteroatoms. The molecule has 40 heavy (non-hydrogen) atoms. The SMILES string of the molecule is CN(C)CCCOC(=O)C=CC(=O)Nc1ccc2ncnc(Nc3ccc(C(=O)c4ccncc4)c(Cl)c3)c2c1. The highest BCUT2D eigenvalue weighted by molar-refractivity contribution is 6.35. The van der Waals surface area contributed by atoms with Gasteiger partial charge in [-0.2, -0.15) is 0 Å². The number of esters is 1. The molecule has 0 fully saturated rings. The Kier molecular flexibility index (Phi) is 9.50. The second-order valence-electron chi connectivity index (χ2n) is 8.99. The molecule has 1 amide bonds. The van der Waals surface area contributed by atoms with Crippen molar-refractivity contribution in [3.8, 4) is 0 Å². The van der Waals surface area contributed by atoms with Gasteiger partial charge in [0, 0.05) is 59.0 Å². The van der Waals surface area contributed by atoms with E-state index in [4.69, 9.17) is 16.3 Å². The summed E-state index contributed by atoms with van der Waals surface area (Å²) in [7, 11) is 3.87. The third-order valence-electron chi connectivity index (χ3n) is 5.69. The molecular formula is C29H27ClN6O4. The van der Waals surface area contributed by atoms with Gasteiger partial charge in [0.1, 0.15) is 12.1 Å². The number of carbonyl (C=O) groups is 3. The predicted octanol–water partition coefficient (Wildman–Crippen LogP) is 4.64. The Balaban J connectivity index is 1.44. The van der Waals surface area contributed by atoms with Gasteiger partial charge in [-0.3, -0.25) is 14.6 Å². The lowest BCUT2D eigenvalue weighted by atomic mass is 10.0. The van der Waals surface area contributed by atoms with E-state index in [0.29, 0.717) is 45.6 Å². The average Bonchev–Trinajstić information content (AvgIpc) is 2.95. The van der Waals surface area contributed by atoms with Crippen LogP contribution in [-0.2, 0) is 14.3 Å². The van der Waals surface area contributed by atoms with Crippen LogP contribution in [0, 0.1) is 0 Å². The van der Waals surface area contributed by atoms with E-state index in [1.807, 2.05) is 19.0 Å². The number of rotatable bonds is 11. The van der Waals surface area contributed by atoms with Crippen LogP contribution in [0.2, 0.25) is 5.02 Å². The van der Waals surface area contributed by atoms with E-state index in [-0.39, 0.29) is 17.4 Å². The molecular weight excluding hydrogens is 532 g/mol. The summed E-state index contributed by atoms with van der Waals surface area (Å²) in [6, 6.07) is 13.4. The Morgan fingerprint density at radius 2 is 1.75 bits per heavy atom. The number of carbonyl (C=O) groups excluding carboxylic acids is 3. The number of hydrogen-bond donors (Lipinski definition) is 2. The van der Waals surface area contributed by atoms with Crippen LogP contribution in [0.1, 0.15) is 22.3 Å². The van der Waals surface area contributed by atoms with Crippen LogP contribution in [0.5, 0.6) is 0 Å². The zero-order valence-electron chi connectivity index (χ0n) is 21.9. The first-order valence-corrected chi connectivity index (χ1v) is 12.7. The highest BCUT2D eigenvalue weighted by Crippen LogP contribution is 2.29. The molecule has 0 radical (unpaired) electrons. The minimum absolute atomic E-state index is 0.210. The molecule has 0 aliphatic carbocycles. The van der Waals surface area contributed by atoms with Crippen molar-refractivity contribution in [1.29, 1.82) is 0 Å². The van der Waals surface area contributed by atoms with Crippen LogP contribution in [0.3, 0.4) is 0 Å². The third kappa shape index (κ3) is 7.68. The summed E-state index contributed by atoms with van der Waals surface area (Å²) >= 11 is 6.44. The molecule has 2 aromatic carbocycles. The number of nitrogens with zero attached hydrogens (tertiary/aromatic N) is 4. The number of halogens is 1. The molecule has 10 nitrogen and oxygen atoms in total. The quantitative estimate of drug-likeness (QED) is 0.117. The second-order valence-corrected chi connectivity index (χ2v) is 9.39. The van der Waals surface area contributed by atoms with Crippen LogP contribution < -0.4 is 10.6 Å². The van der Waals surface area contributed by atoms with Gasteiger partial charge in [0.05, 0.1) is 17.1 Å². The highest BCUT2D eigenvalue weighted by atomic mass is 35.5. The molecule has 0 saturated carbocycles. The Morgan fingerprint density at radius 3 is 2.50 bits per heavy atom. The van der Waals surface area contributed by atoms with Crippen molar-refractivity contribution in [2.75, 3.05) is 37.9 Å². The summed E-state index contributed by atoms with van der Waals surface area (Å²) < 4.78 is 5.09. The van der Waals surface area contributed by atoms with Gasteiger partial charge < -0.3 is 20.3 Å². The minimum Gasteiger partial charge on any atom is -0.462 e. The van der Waals surface area contributed by atoms with Crippen molar-refractivity contribution in [3.63, 3.8) is 0 Å². The second kappa shape index (κ2) is 13.4. The number of hydrogen-bond acceptors (Lipinski definition) is 9. The molecule has 0 aliphatic heterocycles. The van der Waals surface area contributed by atoms with Crippen LogP contribution in [-0.4, -0.2) is 64.8 Å². The largest absolute Gasteiger partial charge is 0.462 e. The summed E-state index contributed by atoms with van der Waals surface area (Å²) in [6.07, 6.45) is 7.43. The van der Waals surface area contributed by atoms with Gasteiger partial charge in [0.15, 0.2) is 5.78 Å². The van der Waals surface area contributed by atoms with E-state index in [0.717, 1.165) is 18.7 Å². The van der Waals surface area contributed by atoms with Crippen LogP contribution in [0.15, 0.2) is 79.4 Å². The van der Waals surface area contributed by atoms with Crippen molar-refractivity contribution in [3.05, 3.63) is 95.6 Å². The van der Waals surface area contributed by atoms with Gasteiger partial charge in [-0.05, 0) is 69.0 Å². The molecule has 0 saturated heterocycles. The van der Waals surface area contributed by atoms with Gasteiger partial charge in [-0.25, -0.2) is 14.8 Å². The number of benzene rings is 2. The van der Waals surface area contributed by atoms with E-state index in [2.05, 4.69) is 25.6 Å². The van der Waals surface area contributed by atoms with Crippen molar-refractivity contribution >= 4 is 57.4 Å². The fraction of sp³-hybridized carbons (Fsp3) is 0.172. The summed E-state index contributed by atoms with van der Waals surface area (Å²) in [4.78, 5) is 51.5. The van der Waals surface area contributed by atoms with Gasteiger partial charge in [-0.15, -0.1) is 0 Å². The molecule has 2 N–H and O–H groups in total. The first kappa shape index (κ1) is 28.3. The van der Waals surface area contributed by atoms with Crippen molar-refractivity contribution in [1.82, 2.24) is 19.9 Å². The Labute approximate surface area is 236 Å². The van der Waals surface area contributed by atoms with E-state index >= 15 is 0 Å². The molecule has 0 atom stereocenters. The summed E-state index contributed by atoms with van der Waals surface area (Å²) in [6.45, 7) is 1.07. The van der Waals surface area contributed by atoms with E-state index in [1.54, 1.807) is 60.9 Å². The Morgan fingerprint density at radius 1 is 0.975 bits per heavy atom. The molecule has 4 rings (SSSR count). The van der Waals surface area contributed by atoms with E-state index < -0.39 is 11.9 Å². The van der Waals surface area contributed by atoms with E-state index in [9.17, 15) is 14.4 Å². The van der Waals surface area contributed by atoms with Gasteiger partial charge >= 0.3 is 5.97 Å². The van der Waals surface area contributed by atoms with Crippen molar-refractivity contribution in [2.24, 2.45) is 0 Å². The van der Waals surface area contributed by atoms with Crippen LogP contribution >= 0.6 is 11.6 Å². The Bertz CT molecular complexity index is 1560. The monoisotopic (exact) mass is 558 g/mol. The zero-order valence-corrected chi connectivity index (χ0v) is 22.7. The van der Waals surface area contributed by atoms with Gasteiger partial charge in [-0.1, -0.05) is 11.6 Å². The highest BCUT2D eigenvalue weighted by Gasteiger charge is 2.14. The molecule has 0 bridgehead atoms. The van der Waals surface area contributed by atoms with Gasteiger partial charge in [0.25, 0.3) is 0 Å². The zero-order chi connectivity index (χ0) is 28.5. The number of ether oxygens (including phenoxy) is 1. The molecule has 2 aromatic heterocycles. The maximum Gasteiger partial charge on any atom is 0.330 e. The molecule has 0 aliphatic rings. The number of amides is 1. The molecule has 0 unspecified atom stereocenters. The maximum atomic E-state index is 12.8. The normalized spacial score (nSPS) is 11.1. The number of ketones is 1. The first-order valence-electron chi connectivity index (χ1n) is 12.4. The smallest absolute Gasteiger partial charge is 0.330 e. The summed E-state index contributed by atoms with van der Waals surface area (Å²) in [5, 5.41) is 6.83. The van der Waals surface area contributed by atoms with Gasteiger partial charge in [0.2, 0.25) is 5.91 Å². The Hall–Kier alpha value is -4.67. The van der Waals surface area contributed by atoms with Crippen LogP contribution in [0.25, 0.3) is 10.9 Å². The average molecular weight is 559 g/mol. The third-order valence-corrected chi connectivity index (χ3v) is 6.00. The number of aromatic nitrogens is 3. The summed E-state index contributed by atoms with van der Waals surface area (Å²) in [5.41, 5.74) is 2.58. The molecule has 4 aromatic rings. The topological polar surface area (TPSA) is 126 Å². The fourth-order valence-corrected chi connectivity index (χ4v) is 4.00. The lowest BCUT2D eigenvalue weighted by molar-refractivity contribution is -0.138. The number of fused-ring (bicyclic) bond motifs is 1. The number of anilines is 3.